The Kier molecular flexibility index (Phi) is 0.898. The lowest BCUT2D eigenvalue weighted by atomic mass is 9.56. The standard InChI is InChI=1S/C10H14/c1-2-8-6-9-3-4-10(8)5-7(1)9/h1-2,7-10H,3-6H2/t7-,8-,9-,10-/m1/s1. The van der Waals surface area contributed by atoms with E-state index in [-0.39, 0.29) is 0 Å². The summed E-state index contributed by atoms with van der Waals surface area (Å²) >= 11 is 0. The minimum atomic E-state index is 1.00. The average molecular weight is 134 g/mol. The summed E-state index contributed by atoms with van der Waals surface area (Å²) in [5, 5.41) is 0. The first kappa shape index (κ1) is 5.40. The van der Waals surface area contributed by atoms with Crippen LogP contribution in [0.15, 0.2) is 12.2 Å². The molecule has 0 amide bonds. The van der Waals surface area contributed by atoms with E-state index < -0.39 is 0 Å². The van der Waals surface area contributed by atoms with Crippen LogP contribution in [0.1, 0.15) is 25.7 Å². The van der Waals surface area contributed by atoms with Crippen LogP contribution >= 0.6 is 0 Å². The summed E-state index contributed by atoms with van der Waals surface area (Å²) < 4.78 is 0. The number of rotatable bonds is 0. The molecular weight excluding hydrogens is 120 g/mol. The van der Waals surface area contributed by atoms with Crippen LogP contribution in [0.3, 0.4) is 0 Å². The Morgan fingerprint density at radius 3 is 1.60 bits per heavy atom. The lowest BCUT2D eigenvalue weighted by Gasteiger charge is -2.49. The second-order valence-electron chi connectivity index (χ2n) is 4.28. The Bertz CT molecular complexity index is 160. The van der Waals surface area contributed by atoms with E-state index in [4.69, 9.17) is 0 Å². The highest BCUT2D eigenvalue weighted by Crippen LogP contribution is 2.52. The van der Waals surface area contributed by atoms with Crippen LogP contribution in [-0.4, -0.2) is 0 Å². The van der Waals surface area contributed by atoms with E-state index in [2.05, 4.69) is 12.2 Å². The van der Waals surface area contributed by atoms with Gasteiger partial charge in [0.05, 0.1) is 0 Å². The maximum Gasteiger partial charge on any atom is -0.0202 e. The molecule has 4 bridgehead atoms. The van der Waals surface area contributed by atoms with Crippen LogP contribution in [0.25, 0.3) is 0 Å². The monoisotopic (exact) mass is 134 g/mol. The zero-order valence-corrected chi connectivity index (χ0v) is 6.29. The molecule has 0 unspecified atom stereocenters. The molecule has 3 fully saturated rings. The summed E-state index contributed by atoms with van der Waals surface area (Å²) in [5.74, 6) is 4.20. The summed E-state index contributed by atoms with van der Waals surface area (Å²) in [7, 11) is 0. The number of hydrogen-bond acceptors (Lipinski definition) is 0. The summed E-state index contributed by atoms with van der Waals surface area (Å²) in [4.78, 5) is 0. The molecule has 54 valence electrons. The third kappa shape index (κ3) is 0.531. The highest BCUT2D eigenvalue weighted by Gasteiger charge is 2.42. The van der Waals surface area contributed by atoms with Gasteiger partial charge in [0.25, 0.3) is 0 Å². The molecule has 0 aromatic carbocycles. The van der Waals surface area contributed by atoms with Crippen LogP contribution < -0.4 is 0 Å². The molecule has 4 atom stereocenters. The van der Waals surface area contributed by atoms with Crippen molar-refractivity contribution in [1.29, 1.82) is 0 Å². The molecule has 0 aromatic heterocycles. The Morgan fingerprint density at radius 1 is 0.800 bits per heavy atom. The molecule has 5 aliphatic carbocycles. The zero-order valence-electron chi connectivity index (χ0n) is 6.29. The normalized spacial score (nSPS) is 56.0. The second kappa shape index (κ2) is 1.66. The number of allylic oxidation sites excluding steroid dienone is 2. The van der Waals surface area contributed by atoms with Crippen molar-refractivity contribution in [2.24, 2.45) is 23.7 Å². The van der Waals surface area contributed by atoms with Crippen molar-refractivity contribution in [2.75, 3.05) is 0 Å². The topological polar surface area (TPSA) is 0 Å². The molecule has 0 saturated heterocycles. The maximum atomic E-state index is 2.49. The van der Waals surface area contributed by atoms with Gasteiger partial charge in [-0.3, -0.25) is 0 Å². The van der Waals surface area contributed by atoms with Gasteiger partial charge in [-0.15, -0.1) is 0 Å². The van der Waals surface area contributed by atoms with Gasteiger partial charge in [0.1, 0.15) is 0 Å². The smallest absolute Gasteiger partial charge is 0.0202 e. The van der Waals surface area contributed by atoms with E-state index >= 15 is 0 Å². The van der Waals surface area contributed by atoms with Gasteiger partial charge in [0.15, 0.2) is 0 Å². The quantitative estimate of drug-likeness (QED) is 0.447. The Balaban J connectivity index is 2.04. The average Bonchev–Trinajstić information content (AvgIpc) is 2.05. The van der Waals surface area contributed by atoms with E-state index in [1.54, 1.807) is 0 Å². The van der Waals surface area contributed by atoms with Gasteiger partial charge < -0.3 is 0 Å². The fourth-order valence-electron chi connectivity index (χ4n) is 3.28. The van der Waals surface area contributed by atoms with Crippen molar-refractivity contribution >= 4 is 0 Å². The van der Waals surface area contributed by atoms with Gasteiger partial charge in [0.2, 0.25) is 0 Å². The summed E-state index contributed by atoms with van der Waals surface area (Å²) in [6.07, 6.45) is 11.1. The highest BCUT2D eigenvalue weighted by atomic mass is 14.5. The van der Waals surface area contributed by atoms with Gasteiger partial charge in [-0.1, -0.05) is 12.2 Å². The van der Waals surface area contributed by atoms with Crippen molar-refractivity contribution in [1.82, 2.24) is 0 Å². The molecule has 0 nitrogen and oxygen atoms in total. The minimum absolute atomic E-state index is 1.00. The van der Waals surface area contributed by atoms with Gasteiger partial charge in [-0.25, -0.2) is 0 Å². The Morgan fingerprint density at radius 2 is 1.30 bits per heavy atom. The first-order chi connectivity index (χ1) is 4.93. The van der Waals surface area contributed by atoms with E-state index in [9.17, 15) is 0 Å². The Labute approximate surface area is 62.3 Å². The number of hydrogen-bond donors (Lipinski definition) is 0. The molecule has 3 saturated carbocycles. The third-order valence-corrected chi connectivity index (χ3v) is 3.87. The number of fused-ring (bicyclic) bond motifs is 1. The molecule has 0 heterocycles. The van der Waals surface area contributed by atoms with Gasteiger partial charge >= 0.3 is 0 Å². The summed E-state index contributed by atoms with van der Waals surface area (Å²) in [6, 6.07) is 0. The lowest BCUT2D eigenvalue weighted by molar-refractivity contribution is 0.0712. The van der Waals surface area contributed by atoms with Crippen LogP contribution in [0.4, 0.5) is 0 Å². The van der Waals surface area contributed by atoms with Crippen LogP contribution in [0, 0.1) is 23.7 Å². The molecule has 0 heteroatoms. The van der Waals surface area contributed by atoms with Crippen molar-refractivity contribution in [3.63, 3.8) is 0 Å². The van der Waals surface area contributed by atoms with E-state index in [1.807, 2.05) is 0 Å². The summed E-state index contributed by atoms with van der Waals surface area (Å²) in [6.45, 7) is 0. The lowest BCUT2D eigenvalue weighted by Crippen LogP contribution is -2.39. The molecule has 0 spiro atoms. The zero-order chi connectivity index (χ0) is 6.55. The largest absolute Gasteiger partial charge is 0.0848 e. The highest BCUT2D eigenvalue weighted by molar-refractivity contribution is 5.11. The van der Waals surface area contributed by atoms with Crippen molar-refractivity contribution in [3.8, 4) is 0 Å². The fraction of sp³-hybridized carbons (Fsp3) is 0.800. The van der Waals surface area contributed by atoms with Crippen LogP contribution in [0.2, 0.25) is 0 Å². The minimum Gasteiger partial charge on any atom is -0.0848 e. The summed E-state index contributed by atoms with van der Waals surface area (Å²) in [5.41, 5.74) is 0. The van der Waals surface area contributed by atoms with Gasteiger partial charge in [-0.2, -0.15) is 0 Å². The Hall–Kier alpha value is -0.260. The molecule has 10 heavy (non-hydrogen) atoms. The third-order valence-electron chi connectivity index (χ3n) is 3.87. The fourth-order valence-corrected chi connectivity index (χ4v) is 3.28. The first-order valence-electron chi connectivity index (χ1n) is 4.62. The van der Waals surface area contributed by atoms with E-state index in [0.29, 0.717) is 0 Å². The first-order valence-corrected chi connectivity index (χ1v) is 4.62. The van der Waals surface area contributed by atoms with Gasteiger partial charge in [0, 0.05) is 0 Å². The molecule has 5 aliphatic rings. The van der Waals surface area contributed by atoms with Crippen LogP contribution in [-0.2, 0) is 0 Å². The van der Waals surface area contributed by atoms with Crippen LogP contribution in [0.5, 0.6) is 0 Å². The van der Waals surface area contributed by atoms with Crippen molar-refractivity contribution in [3.05, 3.63) is 12.2 Å². The molecular formula is C10H14. The van der Waals surface area contributed by atoms with E-state index in [0.717, 1.165) is 23.7 Å². The molecule has 5 rings (SSSR count). The molecule has 0 radical (unpaired) electrons. The molecule has 0 N–H and O–H groups in total. The maximum absolute atomic E-state index is 2.49. The van der Waals surface area contributed by atoms with E-state index in [1.165, 1.54) is 25.7 Å². The predicted octanol–water partition coefficient (Wildman–Crippen LogP) is 2.61. The van der Waals surface area contributed by atoms with Gasteiger partial charge in [-0.05, 0) is 49.4 Å². The van der Waals surface area contributed by atoms with Crippen molar-refractivity contribution in [2.45, 2.75) is 25.7 Å². The SMILES string of the molecule is C1=C[C@@H]2C[C@H]3CC[C@@H]2C[C@@H]13. The second-order valence-corrected chi connectivity index (χ2v) is 4.28. The predicted molar refractivity (Wildman–Crippen MR) is 41.6 cm³/mol. The molecule has 0 aliphatic heterocycles. The van der Waals surface area contributed by atoms with Crippen molar-refractivity contribution < 1.29 is 0 Å². The molecule has 0 aromatic rings.